The van der Waals surface area contributed by atoms with Gasteiger partial charge in [-0.2, -0.15) is 0 Å². The highest BCUT2D eigenvalue weighted by atomic mass is 35.5. The number of nitrogens with zero attached hydrogens (tertiary/aromatic N) is 1. The van der Waals surface area contributed by atoms with Crippen molar-refractivity contribution in [1.29, 1.82) is 0 Å². The molecule has 2 rings (SSSR count). The smallest absolute Gasteiger partial charge is 0.350 e. The van der Waals surface area contributed by atoms with Crippen LogP contribution >= 0.6 is 22.9 Å². The minimum absolute atomic E-state index is 0.397. The first-order valence-corrected chi connectivity index (χ1v) is 6.91. The topological polar surface area (TPSA) is 60.5 Å². The zero-order valence-corrected chi connectivity index (χ0v) is 12.8. The third kappa shape index (κ3) is 3.02. The van der Waals surface area contributed by atoms with Crippen LogP contribution in [0, 0.1) is 6.92 Å². The number of ether oxygens (including phenoxy) is 2. The van der Waals surface area contributed by atoms with Crippen molar-refractivity contribution in [3.63, 3.8) is 0 Å². The predicted octanol–water partition coefficient (Wildman–Crippen LogP) is 3.64. The predicted molar refractivity (Wildman–Crippen MR) is 79.5 cm³/mol. The Labute approximate surface area is 125 Å². The molecule has 1 aromatic carbocycles. The van der Waals surface area contributed by atoms with E-state index >= 15 is 0 Å². The number of anilines is 2. The molecule has 7 heteroatoms. The summed E-state index contributed by atoms with van der Waals surface area (Å²) in [6.45, 7) is 1.75. The van der Waals surface area contributed by atoms with E-state index in [1.807, 2.05) is 0 Å². The molecule has 20 heavy (non-hydrogen) atoms. The molecule has 0 spiro atoms. The molecule has 1 aromatic heterocycles. The van der Waals surface area contributed by atoms with E-state index in [1.54, 1.807) is 32.2 Å². The Hall–Kier alpha value is -1.79. The number of esters is 1. The number of hydrogen-bond donors (Lipinski definition) is 1. The second-order valence-corrected chi connectivity index (χ2v) is 5.33. The van der Waals surface area contributed by atoms with Gasteiger partial charge in [0.05, 0.1) is 25.6 Å². The maximum Gasteiger partial charge on any atom is 0.350 e. The van der Waals surface area contributed by atoms with Crippen LogP contribution in [0.25, 0.3) is 0 Å². The fraction of sp³-hybridized carbons (Fsp3) is 0.231. The SMILES string of the molecule is COC(=O)c1sc(Nc2cc(Cl)ccc2OC)nc1C. The minimum atomic E-state index is -0.397. The molecule has 2 aromatic rings. The lowest BCUT2D eigenvalue weighted by molar-refractivity contribution is 0.0605. The second kappa shape index (κ2) is 6.11. The minimum Gasteiger partial charge on any atom is -0.495 e. The molecule has 0 saturated carbocycles. The summed E-state index contributed by atoms with van der Waals surface area (Å²) in [5, 5.41) is 4.25. The normalized spacial score (nSPS) is 10.2. The maximum absolute atomic E-state index is 11.6. The van der Waals surface area contributed by atoms with Gasteiger partial charge in [0.25, 0.3) is 0 Å². The van der Waals surface area contributed by atoms with Gasteiger partial charge in [-0.3, -0.25) is 0 Å². The molecule has 0 radical (unpaired) electrons. The number of aromatic nitrogens is 1. The number of benzene rings is 1. The number of nitrogens with one attached hydrogen (secondary N) is 1. The molecule has 0 amide bonds. The molecule has 0 fully saturated rings. The van der Waals surface area contributed by atoms with Gasteiger partial charge in [-0.25, -0.2) is 9.78 Å². The van der Waals surface area contributed by atoms with Crippen molar-refractivity contribution in [2.75, 3.05) is 19.5 Å². The van der Waals surface area contributed by atoms with Crippen molar-refractivity contribution in [3.8, 4) is 5.75 Å². The van der Waals surface area contributed by atoms with Crippen molar-refractivity contribution in [1.82, 2.24) is 4.98 Å². The van der Waals surface area contributed by atoms with E-state index in [2.05, 4.69) is 10.3 Å². The molecule has 106 valence electrons. The van der Waals surface area contributed by atoms with Crippen molar-refractivity contribution in [3.05, 3.63) is 33.8 Å². The Kier molecular flexibility index (Phi) is 4.46. The summed E-state index contributed by atoms with van der Waals surface area (Å²) in [5.41, 5.74) is 1.30. The van der Waals surface area contributed by atoms with E-state index in [0.29, 0.717) is 32.2 Å². The van der Waals surface area contributed by atoms with Gasteiger partial charge in [-0.15, -0.1) is 0 Å². The van der Waals surface area contributed by atoms with Gasteiger partial charge in [0.15, 0.2) is 5.13 Å². The monoisotopic (exact) mass is 312 g/mol. The molecule has 5 nitrogen and oxygen atoms in total. The first kappa shape index (κ1) is 14.6. The number of carbonyl (C=O) groups excluding carboxylic acids is 1. The molecule has 1 N–H and O–H groups in total. The van der Waals surface area contributed by atoms with Crippen LogP contribution in [-0.4, -0.2) is 25.2 Å². The summed E-state index contributed by atoms with van der Waals surface area (Å²) in [5.74, 6) is 0.244. The Morgan fingerprint density at radius 2 is 2.15 bits per heavy atom. The van der Waals surface area contributed by atoms with E-state index in [4.69, 9.17) is 21.1 Å². The highest BCUT2D eigenvalue weighted by Crippen LogP contribution is 2.33. The molecule has 0 aliphatic rings. The lowest BCUT2D eigenvalue weighted by Gasteiger charge is -2.09. The second-order valence-electron chi connectivity index (χ2n) is 3.89. The molecular weight excluding hydrogens is 300 g/mol. The number of methoxy groups -OCH3 is 2. The summed E-state index contributed by atoms with van der Waals surface area (Å²) in [4.78, 5) is 16.3. The Morgan fingerprint density at radius 3 is 2.80 bits per heavy atom. The average molecular weight is 313 g/mol. The number of hydrogen-bond acceptors (Lipinski definition) is 6. The van der Waals surface area contributed by atoms with E-state index < -0.39 is 5.97 Å². The Morgan fingerprint density at radius 1 is 1.40 bits per heavy atom. The van der Waals surface area contributed by atoms with Crippen molar-refractivity contribution >= 4 is 39.7 Å². The van der Waals surface area contributed by atoms with Gasteiger partial charge in [0, 0.05) is 5.02 Å². The highest BCUT2D eigenvalue weighted by molar-refractivity contribution is 7.17. The number of thiazole rings is 1. The van der Waals surface area contributed by atoms with E-state index in [0.717, 1.165) is 0 Å². The zero-order valence-electron chi connectivity index (χ0n) is 11.2. The molecular formula is C13H13ClN2O3S. The molecule has 0 saturated heterocycles. The molecule has 0 bridgehead atoms. The van der Waals surface area contributed by atoms with Crippen LogP contribution in [0.1, 0.15) is 15.4 Å². The number of aryl methyl sites for hydroxylation is 1. The fourth-order valence-corrected chi connectivity index (χ4v) is 2.69. The van der Waals surface area contributed by atoms with Crippen LogP contribution in [-0.2, 0) is 4.74 Å². The molecule has 0 atom stereocenters. The first-order chi connectivity index (χ1) is 9.55. The van der Waals surface area contributed by atoms with Crippen LogP contribution < -0.4 is 10.1 Å². The van der Waals surface area contributed by atoms with Crippen LogP contribution in [0.5, 0.6) is 5.75 Å². The average Bonchev–Trinajstić information content (AvgIpc) is 2.79. The van der Waals surface area contributed by atoms with E-state index in [9.17, 15) is 4.79 Å². The van der Waals surface area contributed by atoms with Gasteiger partial charge >= 0.3 is 5.97 Å². The standard InChI is InChI=1S/C13H13ClN2O3S/c1-7-11(12(17)19-3)20-13(15-7)16-9-6-8(14)4-5-10(9)18-2/h4-6H,1-3H3,(H,15,16). The van der Waals surface area contributed by atoms with E-state index in [-0.39, 0.29) is 0 Å². The third-order valence-corrected chi connectivity index (χ3v) is 3.86. The summed E-state index contributed by atoms with van der Waals surface area (Å²) in [6.07, 6.45) is 0. The van der Waals surface area contributed by atoms with Gasteiger partial charge in [-0.1, -0.05) is 22.9 Å². The molecule has 0 aliphatic heterocycles. The van der Waals surface area contributed by atoms with Crippen LogP contribution in [0.2, 0.25) is 5.02 Å². The first-order valence-electron chi connectivity index (χ1n) is 5.71. The quantitative estimate of drug-likeness (QED) is 0.873. The highest BCUT2D eigenvalue weighted by Gasteiger charge is 2.16. The van der Waals surface area contributed by atoms with E-state index in [1.165, 1.54) is 18.4 Å². The van der Waals surface area contributed by atoms with Gasteiger partial charge in [0.2, 0.25) is 0 Å². The molecule has 0 aliphatic carbocycles. The summed E-state index contributed by atoms with van der Waals surface area (Å²) in [6, 6.07) is 5.22. The lowest BCUT2D eigenvalue weighted by Crippen LogP contribution is -1.99. The number of halogens is 1. The summed E-state index contributed by atoms with van der Waals surface area (Å²) < 4.78 is 9.94. The van der Waals surface area contributed by atoms with Crippen LogP contribution in [0.4, 0.5) is 10.8 Å². The lowest BCUT2D eigenvalue weighted by atomic mass is 10.3. The third-order valence-electron chi connectivity index (χ3n) is 2.57. The number of rotatable bonds is 4. The zero-order chi connectivity index (χ0) is 14.7. The van der Waals surface area contributed by atoms with Gasteiger partial charge in [-0.05, 0) is 25.1 Å². The Balaban J connectivity index is 2.31. The van der Waals surface area contributed by atoms with Crippen LogP contribution in [0.15, 0.2) is 18.2 Å². The number of carbonyl (C=O) groups is 1. The van der Waals surface area contributed by atoms with Gasteiger partial charge < -0.3 is 14.8 Å². The largest absolute Gasteiger partial charge is 0.495 e. The van der Waals surface area contributed by atoms with Crippen molar-refractivity contribution in [2.45, 2.75) is 6.92 Å². The molecule has 0 unspecified atom stereocenters. The fourth-order valence-electron chi connectivity index (χ4n) is 1.63. The maximum atomic E-state index is 11.6. The van der Waals surface area contributed by atoms with Crippen molar-refractivity contribution < 1.29 is 14.3 Å². The Bertz CT molecular complexity index is 643. The summed E-state index contributed by atoms with van der Waals surface area (Å²) in [7, 11) is 2.91. The van der Waals surface area contributed by atoms with Crippen molar-refractivity contribution in [2.24, 2.45) is 0 Å². The van der Waals surface area contributed by atoms with Crippen LogP contribution in [0.3, 0.4) is 0 Å². The molecule has 1 heterocycles. The van der Waals surface area contributed by atoms with Gasteiger partial charge in [0.1, 0.15) is 10.6 Å². The summed E-state index contributed by atoms with van der Waals surface area (Å²) >= 11 is 7.18.